The van der Waals surface area contributed by atoms with Crippen molar-refractivity contribution in [2.45, 2.75) is 19.6 Å². The van der Waals surface area contributed by atoms with Gasteiger partial charge < -0.3 is 16.2 Å². The molecule has 14 heavy (non-hydrogen) atoms. The van der Waals surface area contributed by atoms with Crippen LogP contribution in [-0.2, 0) is 0 Å². The van der Waals surface area contributed by atoms with Crippen LogP contribution < -0.4 is 16.2 Å². The fraction of sp³-hybridized carbons (Fsp3) is 0.400. The van der Waals surface area contributed by atoms with Gasteiger partial charge in [0.1, 0.15) is 5.75 Å². The van der Waals surface area contributed by atoms with E-state index in [-0.39, 0.29) is 0 Å². The summed E-state index contributed by atoms with van der Waals surface area (Å²) >= 11 is 0. The van der Waals surface area contributed by atoms with Crippen LogP contribution in [0.4, 0.5) is 11.4 Å². The zero-order valence-corrected chi connectivity index (χ0v) is 10.0. The van der Waals surface area contributed by atoms with E-state index in [1.165, 1.54) is 0 Å². The molecule has 0 heterocycles. The molecule has 0 radical (unpaired) electrons. The highest BCUT2D eigenvalue weighted by molar-refractivity contribution is 6.76. The van der Waals surface area contributed by atoms with Gasteiger partial charge in [0.25, 0.3) is 0 Å². The summed E-state index contributed by atoms with van der Waals surface area (Å²) in [5, 5.41) is 0. The van der Waals surface area contributed by atoms with Gasteiger partial charge in [0.2, 0.25) is 0 Å². The normalized spacial score (nSPS) is 11.4. The van der Waals surface area contributed by atoms with Crippen molar-refractivity contribution < 1.29 is 4.74 Å². The van der Waals surface area contributed by atoms with Crippen molar-refractivity contribution in [1.82, 2.24) is 0 Å². The molecule has 1 aromatic rings. The van der Waals surface area contributed by atoms with E-state index in [4.69, 9.17) is 16.2 Å². The van der Waals surface area contributed by atoms with Gasteiger partial charge in [0, 0.05) is 11.8 Å². The number of hydrogen-bond acceptors (Lipinski definition) is 3. The Balaban J connectivity index is 2.72. The van der Waals surface area contributed by atoms with Crippen molar-refractivity contribution in [3.05, 3.63) is 18.2 Å². The summed E-state index contributed by atoms with van der Waals surface area (Å²) in [7, 11) is -1.20. The Morgan fingerprint density at radius 1 is 1.21 bits per heavy atom. The van der Waals surface area contributed by atoms with Gasteiger partial charge in [0.05, 0.1) is 20.0 Å². The molecule has 0 amide bonds. The molecule has 0 unspecified atom stereocenters. The molecule has 0 saturated carbocycles. The molecule has 78 valence electrons. The summed E-state index contributed by atoms with van der Waals surface area (Å²) in [4.78, 5) is 0. The molecule has 1 rings (SSSR count). The fourth-order valence-corrected chi connectivity index (χ4v) is 1.56. The van der Waals surface area contributed by atoms with Crippen molar-refractivity contribution in [1.29, 1.82) is 0 Å². The van der Waals surface area contributed by atoms with Crippen molar-refractivity contribution in [2.75, 3.05) is 17.7 Å². The van der Waals surface area contributed by atoms with Crippen molar-refractivity contribution in [3.8, 4) is 5.75 Å². The van der Waals surface area contributed by atoms with Crippen LogP contribution in [-0.4, -0.2) is 14.3 Å². The lowest BCUT2D eigenvalue weighted by atomic mass is 10.3. The highest BCUT2D eigenvalue weighted by Crippen LogP contribution is 2.24. The second kappa shape index (κ2) is 3.92. The van der Waals surface area contributed by atoms with Crippen molar-refractivity contribution in [3.63, 3.8) is 0 Å². The van der Waals surface area contributed by atoms with Gasteiger partial charge in [-0.3, -0.25) is 0 Å². The molecule has 4 N–H and O–H groups in total. The van der Waals surface area contributed by atoms with E-state index in [9.17, 15) is 0 Å². The van der Waals surface area contributed by atoms with Crippen molar-refractivity contribution in [2.24, 2.45) is 0 Å². The first-order valence-electron chi connectivity index (χ1n) is 4.66. The van der Waals surface area contributed by atoms with E-state index >= 15 is 0 Å². The number of ether oxygens (including phenoxy) is 1. The van der Waals surface area contributed by atoms with Gasteiger partial charge in [-0.05, 0) is 12.1 Å². The molecule has 4 heteroatoms. The highest BCUT2D eigenvalue weighted by Gasteiger charge is 2.14. The smallest absolute Gasteiger partial charge is 0.143 e. The first kappa shape index (κ1) is 10.9. The van der Waals surface area contributed by atoms with E-state index in [1.54, 1.807) is 18.2 Å². The monoisotopic (exact) mass is 210 g/mol. The molecule has 0 bridgehead atoms. The third-order valence-electron chi connectivity index (χ3n) is 1.70. The number of anilines is 2. The summed E-state index contributed by atoms with van der Waals surface area (Å²) < 4.78 is 5.64. The fourth-order valence-electron chi connectivity index (χ4n) is 0.970. The lowest BCUT2D eigenvalue weighted by Crippen LogP contribution is -2.30. The molecule has 0 aliphatic rings. The second-order valence-corrected chi connectivity index (χ2v) is 10.1. The van der Waals surface area contributed by atoms with E-state index in [2.05, 4.69) is 19.6 Å². The Hall–Kier alpha value is -1.16. The van der Waals surface area contributed by atoms with Crippen LogP contribution in [0.5, 0.6) is 5.75 Å². The minimum Gasteiger partial charge on any atom is -0.495 e. The molecular formula is C10H18N2OSi. The minimum atomic E-state index is -1.20. The Kier molecular flexibility index (Phi) is 3.05. The Bertz CT molecular complexity index is 320. The summed E-state index contributed by atoms with van der Waals surface area (Å²) in [6.45, 7) is 6.74. The molecule has 0 atom stereocenters. The first-order chi connectivity index (χ1) is 6.38. The summed E-state index contributed by atoms with van der Waals surface area (Å²) in [5.74, 6) is 0.701. The third kappa shape index (κ3) is 3.30. The number of hydrogen-bond donors (Lipinski definition) is 2. The van der Waals surface area contributed by atoms with Crippen LogP contribution in [0.15, 0.2) is 18.2 Å². The van der Waals surface area contributed by atoms with Crippen LogP contribution in [0.25, 0.3) is 0 Å². The van der Waals surface area contributed by atoms with E-state index < -0.39 is 8.07 Å². The second-order valence-electron chi connectivity index (χ2n) is 4.65. The summed E-state index contributed by atoms with van der Waals surface area (Å²) in [6.07, 6.45) is 0.765. The molecule has 0 spiro atoms. The average molecular weight is 210 g/mol. The standard InChI is InChI=1S/C10H18N2OSi/c1-14(2,3)7-13-10-6-8(11)4-5-9(10)12/h4-6H,7,11-12H2,1-3H3. The third-order valence-corrected chi connectivity index (χ3v) is 2.71. The molecule has 0 saturated heterocycles. The van der Waals surface area contributed by atoms with Gasteiger partial charge >= 0.3 is 0 Å². The molecule has 0 fully saturated rings. The maximum atomic E-state index is 5.75. The van der Waals surface area contributed by atoms with Gasteiger partial charge in [-0.25, -0.2) is 0 Å². The Labute approximate surface area is 86.1 Å². The van der Waals surface area contributed by atoms with Crippen LogP contribution >= 0.6 is 0 Å². The van der Waals surface area contributed by atoms with Crippen LogP contribution in [0.1, 0.15) is 0 Å². The summed E-state index contributed by atoms with van der Waals surface area (Å²) in [5.41, 5.74) is 12.7. The SMILES string of the molecule is C[Si](C)(C)COc1cc(N)ccc1N. The number of benzene rings is 1. The molecule has 3 nitrogen and oxygen atoms in total. The Morgan fingerprint density at radius 3 is 2.43 bits per heavy atom. The van der Waals surface area contributed by atoms with Crippen LogP contribution in [0.2, 0.25) is 19.6 Å². The zero-order chi connectivity index (χ0) is 10.8. The molecule has 0 aliphatic heterocycles. The van der Waals surface area contributed by atoms with E-state index in [0.29, 0.717) is 17.1 Å². The van der Waals surface area contributed by atoms with Crippen LogP contribution in [0.3, 0.4) is 0 Å². The summed E-state index contributed by atoms with van der Waals surface area (Å²) in [6, 6.07) is 5.32. The topological polar surface area (TPSA) is 61.3 Å². The lowest BCUT2D eigenvalue weighted by molar-refractivity contribution is 0.380. The lowest BCUT2D eigenvalue weighted by Gasteiger charge is -2.17. The van der Waals surface area contributed by atoms with Gasteiger partial charge in [-0.2, -0.15) is 0 Å². The number of nitrogen functional groups attached to an aromatic ring is 2. The van der Waals surface area contributed by atoms with Gasteiger partial charge in [-0.1, -0.05) is 19.6 Å². The van der Waals surface area contributed by atoms with E-state index in [0.717, 1.165) is 6.23 Å². The predicted molar refractivity (Wildman–Crippen MR) is 64.1 cm³/mol. The minimum absolute atomic E-state index is 0.650. The molecule has 1 aromatic carbocycles. The van der Waals surface area contributed by atoms with Gasteiger partial charge in [-0.15, -0.1) is 0 Å². The van der Waals surface area contributed by atoms with Gasteiger partial charge in [0.15, 0.2) is 0 Å². The largest absolute Gasteiger partial charge is 0.495 e. The Morgan fingerprint density at radius 2 is 1.86 bits per heavy atom. The number of nitrogens with two attached hydrogens (primary N) is 2. The molecular weight excluding hydrogens is 192 g/mol. The highest BCUT2D eigenvalue weighted by atomic mass is 28.3. The zero-order valence-electron chi connectivity index (χ0n) is 9.00. The maximum Gasteiger partial charge on any atom is 0.143 e. The van der Waals surface area contributed by atoms with E-state index in [1.807, 2.05) is 0 Å². The van der Waals surface area contributed by atoms with Crippen LogP contribution in [0, 0.1) is 0 Å². The first-order valence-corrected chi connectivity index (χ1v) is 8.37. The molecule has 0 aromatic heterocycles. The van der Waals surface area contributed by atoms with Crippen molar-refractivity contribution >= 4 is 19.4 Å². The quantitative estimate of drug-likeness (QED) is 0.593. The predicted octanol–water partition coefficient (Wildman–Crippen LogP) is 2.11. The average Bonchev–Trinajstić information content (AvgIpc) is 2.05. The molecule has 0 aliphatic carbocycles. The maximum absolute atomic E-state index is 5.75. The number of rotatable bonds is 3.